The largest absolute Gasteiger partial charge is 0.493 e. The Morgan fingerprint density at radius 3 is 1.74 bits per heavy atom. The zero-order valence-corrected chi connectivity index (χ0v) is 26.4. The summed E-state index contributed by atoms with van der Waals surface area (Å²) in [5.41, 5.74) is 3.57. The average molecular weight is 622 g/mol. The minimum absolute atomic E-state index is 0.0322. The van der Waals surface area contributed by atoms with Crippen LogP contribution in [-0.2, 0) is 9.53 Å². The van der Waals surface area contributed by atoms with E-state index in [0.717, 1.165) is 5.56 Å². The summed E-state index contributed by atoms with van der Waals surface area (Å²) in [5.74, 6) is 0.604. The first kappa shape index (κ1) is 31.1. The third-order valence-electron chi connectivity index (χ3n) is 8.79. The molecule has 0 bridgehead atoms. The summed E-state index contributed by atoms with van der Waals surface area (Å²) in [6.07, 6.45) is -0.612. The van der Waals surface area contributed by atoms with E-state index in [-0.39, 0.29) is 24.6 Å². The summed E-state index contributed by atoms with van der Waals surface area (Å²) in [6.45, 7) is 2.39. The smallest absolute Gasteiger partial charge is 0.256 e. The monoisotopic (exact) mass is 621 g/mol. The van der Waals surface area contributed by atoms with E-state index in [1.54, 1.807) is 12.1 Å². The van der Waals surface area contributed by atoms with E-state index in [4.69, 9.17) is 18.9 Å². The van der Waals surface area contributed by atoms with Crippen molar-refractivity contribution in [2.24, 2.45) is 0 Å². The third-order valence-corrected chi connectivity index (χ3v) is 8.79. The first-order valence-electron chi connectivity index (χ1n) is 15.4. The molecule has 0 aromatic heterocycles. The van der Waals surface area contributed by atoms with E-state index in [0.29, 0.717) is 49.0 Å². The van der Waals surface area contributed by atoms with Gasteiger partial charge in [0.15, 0.2) is 11.5 Å². The molecule has 4 aromatic rings. The lowest BCUT2D eigenvalue weighted by Gasteiger charge is -2.41. The van der Waals surface area contributed by atoms with Gasteiger partial charge < -0.3 is 28.7 Å². The van der Waals surface area contributed by atoms with Crippen molar-refractivity contribution < 1.29 is 28.5 Å². The molecule has 2 heterocycles. The standard InChI is InChI=1S/C37H39N3O6/c1-43-30-23-29(24-31(44-2)35(30)45-3)36(41)40-25-46-34(28-17-11-6-12-18-28)33(40)37(42)39-21-19-38(20-22-39)32(26-13-7-4-8-14-26)27-15-9-5-10-16-27/h4-18,23-24,32-34H,19-22,25H2,1-3H3/t33?,34-/m1/s1. The molecule has 0 radical (unpaired) electrons. The van der Waals surface area contributed by atoms with Gasteiger partial charge in [0, 0.05) is 31.7 Å². The number of ether oxygens (including phenoxy) is 4. The van der Waals surface area contributed by atoms with Crippen LogP contribution in [0.3, 0.4) is 0 Å². The van der Waals surface area contributed by atoms with Gasteiger partial charge >= 0.3 is 0 Å². The van der Waals surface area contributed by atoms with Crippen LogP contribution in [-0.4, -0.2) is 86.8 Å². The highest BCUT2D eigenvalue weighted by atomic mass is 16.5. The number of rotatable bonds is 9. The van der Waals surface area contributed by atoms with Crippen molar-refractivity contribution in [3.05, 3.63) is 125 Å². The summed E-state index contributed by atoms with van der Waals surface area (Å²) >= 11 is 0. The van der Waals surface area contributed by atoms with Crippen LogP contribution in [0, 0.1) is 0 Å². The number of amides is 2. The molecule has 238 valence electrons. The van der Waals surface area contributed by atoms with E-state index < -0.39 is 12.1 Å². The van der Waals surface area contributed by atoms with Crippen molar-refractivity contribution >= 4 is 11.8 Å². The average Bonchev–Trinajstić information content (AvgIpc) is 3.57. The van der Waals surface area contributed by atoms with Crippen LogP contribution in [0.4, 0.5) is 0 Å². The number of carbonyl (C=O) groups excluding carboxylic acids is 2. The molecule has 2 fully saturated rings. The van der Waals surface area contributed by atoms with Crippen molar-refractivity contribution in [3.8, 4) is 17.2 Å². The van der Waals surface area contributed by atoms with E-state index in [1.165, 1.54) is 37.4 Å². The molecule has 6 rings (SSSR count). The lowest BCUT2D eigenvalue weighted by molar-refractivity contribution is -0.138. The maximum absolute atomic E-state index is 14.5. The van der Waals surface area contributed by atoms with Gasteiger partial charge in [-0.1, -0.05) is 91.0 Å². The van der Waals surface area contributed by atoms with Crippen molar-refractivity contribution in [2.45, 2.75) is 18.2 Å². The van der Waals surface area contributed by atoms with Gasteiger partial charge in [-0.2, -0.15) is 0 Å². The highest BCUT2D eigenvalue weighted by molar-refractivity contribution is 5.99. The van der Waals surface area contributed by atoms with Crippen molar-refractivity contribution in [2.75, 3.05) is 54.2 Å². The van der Waals surface area contributed by atoms with E-state index in [9.17, 15) is 9.59 Å². The molecule has 46 heavy (non-hydrogen) atoms. The summed E-state index contributed by atoms with van der Waals surface area (Å²) in [4.78, 5) is 34.4. The second kappa shape index (κ2) is 14.1. The quantitative estimate of drug-likeness (QED) is 0.255. The Labute approximate surface area is 269 Å². The van der Waals surface area contributed by atoms with Crippen LogP contribution in [0.1, 0.15) is 39.2 Å². The Balaban J connectivity index is 1.27. The third kappa shape index (κ3) is 6.16. The van der Waals surface area contributed by atoms with Crippen LogP contribution < -0.4 is 14.2 Å². The van der Waals surface area contributed by atoms with Crippen LogP contribution in [0.25, 0.3) is 0 Å². The fourth-order valence-corrected chi connectivity index (χ4v) is 6.51. The second-order valence-electron chi connectivity index (χ2n) is 11.3. The topological polar surface area (TPSA) is 80.8 Å². The van der Waals surface area contributed by atoms with E-state index in [2.05, 4.69) is 53.4 Å². The molecular formula is C37H39N3O6. The second-order valence-corrected chi connectivity index (χ2v) is 11.3. The summed E-state index contributed by atoms with van der Waals surface area (Å²) in [7, 11) is 4.52. The molecule has 0 aliphatic carbocycles. The van der Waals surface area contributed by atoms with Crippen molar-refractivity contribution in [3.63, 3.8) is 0 Å². The lowest BCUT2D eigenvalue weighted by atomic mass is 9.96. The van der Waals surface area contributed by atoms with Gasteiger partial charge in [-0.25, -0.2) is 0 Å². The van der Waals surface area contributed by atoms with Gasteiger partial charge in [-0.05, 0) is 28.8 Å². The molecule has 2 aliphatic rings. The number of benzene rings is 4. The Morgan fingerprint density at radius 1 is 0.717 bits per heavy atom. The zero-order chi connectivity index (χ0) is 32.0. The van der Waals surface area contributed by atoms with Gasteiger partial charge in [0.1, 0.15) is 18.9 Å². The van der Waals surface area contributed by atoms with Gasteiger partial charge in [0.2, 0.25) is 11.7 Å². The minimum atomic E-state index is -0.848. The molecule has 1 unspecified atom stereocenters. The predicted molar refractivity (Wildman–Crippen MR) is 174 cm³/mol. The molecule has 2 aliphatic heterocycles. The van der Waals surface area contributed by atoms with E-state index >= 15 is 0 Å². The molecule has 0 saturated carbocycles. The molecular weight excluding hydrogens is 582 g/mol. The van der Waals surface area contributed by atoms with Crippen LogP contribution in [0.5, 0.6) is 17.2 Å². The SMILES string of the molecule is COc1cc(C(=O)N2CO[C@H](c3ccccc3)C2C(=O)N2CCN(C(c3ccccc3)c3ccccc3)CC2)cc(OC)c1OC. The fourth-order valence-electron chi connectivity index (χ4n) is 6.51. The van der Waals surface area contributed by atoms with Gasteiger partial charge in [-0.15, -0.1) is 0 Å². The zero-order valence-electron chi connectivity index (χ0n) is 26.4. The number of hydrogen-bond donors (Lipinski definition) is 0. The lowest BCUT2D eigenvalue weighted by Crippen LogP contribution is -2.56. The molecule has 9 heteroatoms. The van der Waals surface area contributed by atoms with E-state index in [1.807, 2.05) is 47.4 Å². The first-order chi connectivity index (χ1) is 22.5. The maximum atomic E-state index is 14.5. The fraction of sp³-hybridized carbons (Fsp3) is 0.297. The van der Waals surface area contributed by atoms with Crippen LogP contribution >= 0.6 is 0 Å². The number of piperazine rings is 1. The number of hydrogen-bond acceptors (Lipinski definition) is 7. The number of nitrogens with zero attached hydrogens (tertiary/aromatic N) is 3. The van der Waals surface area contributed by atoms with Gasteiger partial charge in [0.05, 0.1) is 27.4 Å². The van der Waals surface area contributed by atoms with Crippen molar-refractivity contribution in [1.29, 1.82) is 0 Å². The van der Waals surface area contributed by atoms with Gasteiger partial charge in [-0.3, -0.25) is 14.5 Å². The molecule has 4 aromatic carbocycles. The first-order valence-corrected chi connectivity index (χ1v) is 15.4. The van der Waals surface area contributed by atoms with Gasteiger partial charge in [0.25, 0.3) is 5.91 Å². The Hall–Kier alpha value is -4.86. The van der Waals surface area contributed by atoms with Crippen molar-refractivity contribution in [1.82, 2.24) is 14.7 Å². The normalized spacial score (nSPS) is 18.4. The maximum Gasteiger partial charge on any atom is 0.256 e. The highest BCUT2D eigenvalue weighted by Gasteiger charge is 2.46. The molecule has 9 nitrogen and oxygen atoms in total. The summed E-state index contributed by atoms with van der Waals surface area (Å²) in [5, 5.41) is 0. The molecule has 2 saturated heterocycles. The summed E-state index contributed by atoms with van der Waals surface area (Å²) in [6, 6.07) is 33.0. The molecule has 0 N–H and O–H groups in total. The number of carbonyl (C=O) groups is 2. The Bertz CT molecular complexity index is 1560. The Kier molecular flexibility index (Phi) is 9.51. The van der Waals surface area contributed by atoms with Crippen LogP contribution in [0.15, 0.2) is 103 Å². The Morgan fingerprint density at radius 2 is 1.24 bits per heavy atom. The molecule has 2 amide bonds. The van der Waals surface area contributed by atoms with Crippen LogP contribution in [0.2, 0.25) is 0 Å². The molecule has 2 atom stereocenters. The predicted octanol–water partition coefficient (Wildman–Crippen LogP) is 5.19. The molecule has 0 spiro atoms. The summed E-state index contributed by atoms with van der Waals surface area (Å²) < 4.78 is 22.7. The highest BCUT2D eigenvalue weighted by Crippen LogP contribution is 2.40. The number of methoxy groups -OCH3 is 3. The minimum Gasteiger partial charge on any atom is -0.493 e.